The van der Waals surface area contributed by atoms with Crippen molar-refractivity contribution in [2.75, 3.05) is 43.4 Å². The first kappa shape index (κ1) is 17.7. The number of aryl methyl sites for hydroxylation is 1. The number of para-hydroxylation sites is 1. The molecular weight excluding hydrogens is 366 g/mol. The lowest BCUT2D eigenvalue weighted by Crippen LogP contribution is -2.44. The van der Waals surface area contributed by atoms with Crippen molar-refractivity contribution in [1.82, 2.24) is 25.1 Å². The maximum Gasteiger partial charge on any atom is 0.167 e. The van der Waals surface area contributed by atoms with Crippen LogP contribution in [-0.4, -0.2) is 58.3 Å². The number of aromatic nitrogens is 4. The fraction of sp³-hybridized carbons (Fsp3) is 0.286. The van der Waals surface area contributed by atoms with Crippen molar-refractivity contribution in [3.05, 3.63) is 48.4 Å². The molecule has 4 aromatic rings. The van der Waals surface area contributed by atoms with Crippen LogP contribution >= 0.6 is 0 Å². The van der Waals surface area contributed by atoms with Crippen molar-refractivity contribution in [2.45, 2.75) is 6.92 Å². The number of nitrogens with one attached hydrogen (secondary N) is 2. The third kappa shape index (κ3) is 3.54. The van der Waals surface area contributed by atoms with Crippen molar-refractivity contribution >= 4 is 28.4 Å². The van der Waals surface area contributed by atoms with Gasteiger partial charge in [0.15, 0.2) is 11.6 Å². The van der Waals surface area contributed by atoms with E-state index in [1.54, 1.807) is 6.26 Å². The van der Waals surface area contributed by atoms with Crippen LogP contribution in [0.25, 0.3) is 22.4 Å². The number of likely N-dealkylation sites (N-methyl/N-ethyl adjacent to an activating group) is 1. The number of hydrogen-bond donors (Lipinski definition) is 2. The topological polar surface area (TPSA) is 86.1 Å². The van der Waals surface area contributed by atoms with Crippen LogP contribution in [-0.2, 0) is 0 Å². The second kappa shape index (κ2) is 7.21. The van der Waals surface area contributed by atoms with Gasteiger partial charge in [-0.05, 0) is 26.1 Å². The Morgan fingerprint density at radius 2 is 1.90 bits per heavy atom. The first-order chi connectivity index (χ1) is 14.2. The molecule has 0 radical (unpaired) electrons. The van der Waals surface area contributed by atoms with Crippen LogP contribution in [0.2, 0.25) is 0 Å². The number of nitrogens with zero attached hydrogens (tertiary/aromatic N) is 5. The molecule has 1 saturated heterocycles. The highest BCUT2D eigenvalue weighted by Crippen LogP contribution is 2.30. The number of piperazine rings is 1. The van der Waals surface area contributed by atoms with Crippen LogP contribution in [0.5, 0.6) is 0 Å². The van der Waals surface area contributed by atoms with Crippen LogP contribution in [0.4, 0.5) is 17.5 Å². The van der Waals surface area contributed by atoms with E-state index in [-0.39, 0.29) is 0 Å². The second-order valence-corrected chi connectivity index (χ2v) is 7.43. The summed E-state index contributed by atoms with van der Waals surface area (Å²) in [6, 6.07) is 11.9. The van der Waals surface area contributed by atoms with E-state index < -0.39 is 0 Å². The Hall–Kier alpha value is -3.39. The zero-order valence-corrected chi connectivity index (χ0v) is 16.5. The summed E-state index contributed by atoms with van der Waals surface area (Å²) >= 11 is 0. The van der Waals surface area contributed by atoms with Crippen LogP contribution in [0, 0.1) is 6.92 Å². The lowest BCUT2D eigenvalue weighted by Gasteiger charge is -2.33. The smallest absolute Gasteiger partial charge is 0.167 e. The largest absolute Gasteiger partial charge is 0.464 e. The Balaban J connectivity index is 1.58. The third-order valence-electron chi connectivity index (χ3n) is 5.22. The number of rotatable bonds is 4. The molecule has 5 rings (SSSR count). The first-order valence-corrected chi connectivity index (χ1v) is 9.74. The molecule has 4 heterocycles. The van der Waals surface area contributed by atoms with Gasteiger partial charge in [-0.15, -0.1) is 0 Å². The summed E-state index contributed by atoms with van der Waals surface area (Å²) in [7, 11) is 2.15. The van der Waals surface area contributed by atoms with E-state index in [1.807, 2.05) is 43.3 Å². The number of benzene rings is 1. The number of H-pyrrole nitrogens is 1. The first-order valence-electron chi connectivity index (χ1n) is 9.74. The number of furan rings is 1. The molecule has 0 saturated carbocycles. The maximum atomic E-state index is 5.73. The maximum absolute atomic E-state index is 5.73. The normalized spacial score (nSPS) is 15.2. The van der Waals surface area contributed by atoms with Crippen LogP contribution in [0.3, 0.4) is 0 Å². The highest BCUT2D eigenvalue weighted by atomic mass is 16.3. The lowest BCUT2D eigenvalue weighted by atomic mass is 10.1. The molecule has 2 N–H and O–H groups in total. The molecule has 1 aromatic carbocycles. The molecule has 0 bridgehead atoms. The van der Waals surface area contributed by atoms with Crippen LogP contribution in [0.15, 0.2) is 47.1 Å². The van der Waals surface area contributed by atoms with Gasteiger partial charge < -0.3 is 19.5 Å². The Morgan fingerprint density at radius 3 is 2.69 bits per heavy atom. The molecule has 8 heteroatoms. The Labute approximate surface area is 168 Å². The molecule has 1 aliphatic rings. The fourth-order valence-corrected chi connectivity index (χ4v) is 3.60. The minimum Gasteiger partial charge on any atom is -0.464 e. The summed E-state index contributed by atoms with van der Waals surface area (Å²) < 4.78 is 5.73. The van der Waals surface area contributed by atoms with Gasteiger partial charge in [0.25, 0.3) is 0 Å². The Morgan fingerprint density at radius 1 is 1.03 bits per heavy atom. The molecule has 0 amide bonds. The van der Waals surface area contributed by atoms with E-state index in [9.17, 15) is 0 Å². The average molecular weight is 389 g/mol. The van der Waals surface area contributed by atoms with Crippen molar-refractivity contribution in [2.24, 2.45) is 0 Å². The minimum atomic E-state index is 0.636. The second-order valence-electron chi connectivity index (χ2n) is 7.43. The summed E-state index contributed by atoms with van der Waals surface area (Å²) in [5.74, 6) is 2.98. The molecule has 1 aliphatic heterocycles. The van der Waals surface area contributed by atoms with Crippen molar-refractivity contribution in [3.63, 3.8) is 0 Å². The van der Waals surface area contributed by atoms with Gasteiger partial charge in [0.2, 0.25) is 0 Å². The van der Waals surface area contributed by atoms with E-state index in [0.717, 1.165) is 60.0 Å². The molecular formula is C21H23N7O. The molecule has 0 unspecified atom stereocenters. The number of fused-ring (bicyclic) bond motifs is 1. The van der Waals surface area contributed by atoms with Crippen molar-refractivity contribution in [1.29, 1.82) is 0 Å². The van der Waals surface area contributed by atoms with E-state index in [4.69, 9.17) is 14.4 Å². The molecule has 29 heavy (non-hydrogen) atoms. The molecule has 0 aliphatic carbocycles. The minimum absolute atomic E-state index is 0.636. The van der Waals surface area contributed by atoms with E-state index in [1.165, 1.54) is 0 Å². The van der Waals surface area contributed by atoms with Crippen molar-refractivity contribution in [3.8, 4) is 11.4 Å². The molecule has 0 atom stereocenters. The summed E-state index contributed by atoms with van der Waals surface area (Å²) in [6.45, 7) is 5.84. The van der Waals surface area contributed by atoms with E-state index >= 15 is 0 Å². The highest BCUT2D eigenvalue weighted by molar-refractivity contribution is 5.91. The zero-order chi connectivity index (χ0) is 19.8. The summed E-state index contributed by atoms with van der Waals surface area (Å²) in [5, 5.41) is 11.6. The Bertz CT molecular complexity index is 1140. The predicted molar refractivity (Wildman–Crippen MR) is 114 cm³/mol. The summed E-state index contributed by atoms with van der Waals surface area (Å²) in [4.78, 5) is 14.3. The summed E-state index contributed by atoms with van der Waals surface area (Å²) in [5.41, 5.74) is 2.66. The van der Waals surface area contributed by atoms with Gasteiger partial charge in [-0.25, -0.2) is 9.97 Å². The summed E-state index contributed by atoms with van der Waals surface area (Å²) in [6.07, 6.45) is 1.70. The standard InChI is InChI=1S/C21H23N7O/c1-14-12-18(26-25-14)22-17-13-19(28-9-7-27(2)8-10-28)24-21(23-17)16-5-3-4-15-6-11-29-20(15)16/h3-6,11-13H,7-10H2,1-2H3,(H2,22,23,24,25,26). The number of hydrogen-bond acceptors (Lipinski definition) is 7. The molecule has 0 spiro atoms. The molecule has 8 nitrogen and oxygen atoms in total. The third-order valence-corrected chi connectivity index (χ3v) is 5.22. The van der Waals surface area contributed by atoms with Gasteiger partial charge in [0.1, 0.15) is 17.2 Å². The SMILES string of the molecule is Cc1cc(Nc2cc(N3CCN(C)CC3)nc(-c3cccc4ccoc34)n2)n[nH]1. The zero-order valence-electron chi connectivity index (χ0n) is 16.5. The van der Waals surface area contributed by atoms with Crippen molar-refractivity contribution < 1.29 is 4.42 Å². The fourth-order valence-electron chi connectivity index (χ4n) is 3.60. The van der Waals surface area contributed by atoms with Gasteiger partial charge in [-0.3, -0.25) is 5.10 Å². The average Bonchev–Trinajstić information content (AvgIpc) is 3.37. The number of anilines is 3. The highest BCUT2D eigenvalue weighted by Gasteiger charge is 2.19. The van der Waals surface area contributed by atoms with Gasteiger partial charge >= 0.3 is 0 Å². The molecule has 3 aromatic heterocycles. The lowest BCUT2D eigenvalue weighted by molar-refractivity contribution is 0.312. The number of aromatic amines is 1. The van der Waals surface area contributed by atoms with Gasteiger partial charge in [-0.2, -0.15) is 5.10 Å². The van der Waals surface area contributed by atoms with Gasteiger partial charge in [0, 0.05) is 49.4 Å². The molecule has 1 fully saturated rings. The van der Waals surface area contributed by atoms with Crippen LogP contribution < -0.4 is 10.2 Å². The monoisotopic (exact) mass is 389 g/mol. The quantitative estimate of drug-likeness (QED) is 0.553. The van der Waals surface area contributed by atoms with Gasteiger partial charge in [-0.1, -0.05) is 12.1 Å². The van der Waals surface area contributed by atoms with E-state index in [2.05, 4.69) is 32.4 Å². The van der Waals surface area contributed by atoms with Gasteiger partial charge in [0.05, 0.1) is 11.8 Å². The predicted octanol–water partition coefficient (Wildman–Crippen LogP) is 3.42. The molecule has 148 valence electrons. The van der Waals surface area contributed by atoms with E-state index in [0.29, 0.717) is 11.6 Å². The van der Waals surface area contributed by atoms with Crippen LogP contribution in [0.1, 0.15) is 5.69 Å². The Kier molecular flexibility index (Phi) is 4.40.